The van der Waals surface area contributed by atoms with Gasteiger partial charge in [0.05, 0.1) is 31.1 Å². The molecule has 3 rings (SSSR count). The highest BCUT2D eigenvalue weighted by atomic mass is 35.5. The zero-order valence-electron chi connectivity index (χ0n) is 15.8. The number of nitrogens with zero attached hydrogens (tertiary/aromatic N) is 1. The molecule has 0 unspecified atom stereocenters. The van der Waals surface area contributed by atoms with Crippen LogP contribution in [0.1, 0.15) is 5.56 Å². The summed E-state index contributed by atoms with van der Waals surface area (Å²) in [7, 11) is -10.1. The van der Waals surface area contributed by atoms with Gasteiger partial charge in [-0.1, -0.05) is 46.4 Å². The van der Waals surface area contributed by atoms with E-state index in [1.54, 1.807) is 0 Å². The van der Waals surface area contributed by atoms with Crippen LogP contribution < -0.4 is 3.71 Å². The molecule has 0 aliphatic heterocycles. The molecule has 0 saturated heterocycles. The molecule has 3 aromatic carbocycles. The fourth-order valence-electron chi connectivity index (χ4n) is 2.69. The Kier molecular flexibility index (Phi) is 7.20. The van der Waals surface area contributed by atoms with Crippen LogP contribution in [0.5, 0.6) is 0 Å². The predicted octanol–water partition coefficient (Wildman–Crippen LogP) is 6.90. The van der Waals surface area contributed by atoms with Crippen molar-refractivity contribution in [3.63, 3.8) is 0 Å². The van der Waals surface area contributed by atoms with E-state index >= 15 is 0 Å². The van der Waals surface area contributed by atoms with Gasteiger partial charge in [0.25, 0.3) is 20.0 Å². The summed E-state index contributed by atoms with van der Waals surface area (Å²) >= 11 is 23.2. The molecule has 0 aliphatic carbocycles. The van der Waals surface area contributed by atoms with Crippen molar-refractivity contribution in [3.8, 4) is 0 Å². The second kappa shape index (κ2) is 9.16. The molecular weight excluding hydrogens is 569 g/mol. The highest BCUT2D eigenvalue weighted by molar-refractivity contribution is 8.10. The first-order chi connectivity index (χ1) is 15.2. The standard InChI is InChI=1S/C19H10Cl4F3NO4S2/c20-11-1-5-13(6-2-11)32(28,29)27(33(30,31)14-7-3-12(21)4-8-14)18-9-15(19(24,25)26)16(22)10-17(18)23/h1-10H. The normalized spacial score (nSPS) is 12.6. The van der Waals surface area contributed by atoms with Gasteiger partial charge in [-0.3, -0.25) is 0 Å². The average Bonchev–Trinajstić information content (AvgIpc) is 2.69. The third-order valence-corrected chi connectivity index (χ3v) is 9.50. The van der Waals surface area contributed by atoms with E-state index in [2.05, 4.69) is 0 Å². The molecule has 3 aromatic rings. The second-order valence-electron chi connectivity index (χ2n) is 6.40. The zero-order valence-corrected chi connectivity index (χ0v) is 20.5. The van der Waals surface area contributed by atoms with Crippen LogP contribution in [0.4, 0.5) is 18.9 Å². The number of anilines is 1. The van der Waals surface area contributed by atoms with Gasteiger partial charge >= 0.3 is 6.18 Å². The van der Waals surface area contributed by atoms with Crippen molar-refractivity contribution < 1.29 is 30.0 Å². The lowest BCUT2D eigenvalue weighted by Crippen LogP contribution is -2.37. The lowest BCUT2D eigenvalue weighted by Gasteiger charge is -2.26. The van der Waals surface area contributed by atoms with Crippen LogP contribution in [-0.4, -0.2) is 16.8 Å². The maximum Gasteiger partial charge on any atom is 0.417 e. The summed E-state index contributed by atoms with van der Waals surface area (Å²) < 4.78 is 94.0. The summed E-state index contributed by atoms with van der Waals surface area (Å²) in [4.78, 5) is -1.13. The van der Waals surface area contributed by atoms with Crippen LogP contribution in [0.25, 0.3) is 0 Å². The van der Waals surface area contributed by atoms with E-state index in [1.807, 2.05) is 0 Å². The van der Waals surface area contributed by atoms with Crippen molar-refractivity contribution in [2.24, 2.45) is 0 Å². The molecule has 0 heterocycles. The summed E-state index contributed by atoms with van der Waals surface area (Å²) in [6.07, 6.45) is -5.03. The van der Waals surface area contributed by atoms with Crippen LogP contribution >= 0.6 is 46.4 Å². The molecular formula is C19H10Cl4F3NO4S2. The van der Waals surface area contributed by atoms with Crippen molar-refractivity contribution in [1.29, 1.82) is 0 Å². The van der Waals surface area contributed by atoms with E-state index in [1.165, 1.54) is 24.3 Å². The van der Waals surface area contributed by atoms with E-state index in [4.69, 9.17) is 46.4 Å². The fourth-order valence-corrected chi connectivity index (χ4v) is 7.33. The molecule has 0 aliphatic rings. The van der Waals surface area contributed by atoms with Crippen molar-refractivity contribution >= 4 is 72.1 Å². The van der Waals surface area contributed by atoms with Gasteiger partial charge in [0, 0.05) is 10.0 Å². The van der Waals surface area contributed by atoms with Crippen molar-refractivity contribution in [2.75, 3.05) is 3.71 Å². The minimum Gasteiger partial charge on any atom is -0.200 e. The van der Waals surface area contributed by atoms with Gasteiger partial charge in [0.15, 0.2) is 0 Å². The molecule has 0 bridgehead atoms. The lowest BCUT2D eigenvalue weighted by molar-refractivity contribution is -0.137. The number of sulfonamides is 2. The first kappa shape index (κ1) is 25.9. The molecule has 0 radical (unpaired) electrons. The first-order valence-corrected chi connectivity index (χ1v) is 12.9. The molecule has 33 heavy (non-hydrogen) atoms. The summed E-state index contributed by atoms with van der Waals surface area (Å²) in [6.45, 7) is 0. The third-order valence-electron chi connectivity index (χ3n) is 4.20. The van der Waals surface area contributed by atoms with Gasteiger partial charge in [-0.2, -0.15) is 16.9 Å². The smallest absolute Gasteiger partial charge is 0.200 e. The summed E-state index contributed by atoms with van der Waals surface area (Å²) in [5.74, 6) is 0. The predicted molar refractivity (Wildman–Crippen MR) is 121 cm³/mol. The topological polar surface area (TPSA) is 71.5 Å². The molecule has 0 fully saturated rings. The Bertz CT molecular complexity index is 1340. The van der Waals surface area contributed by atoms with Crippen molar-refractivity contribution in [3.05, 3.63) is 86.3 Å². The Morgan fingerprint density at radius 3 is 1.39 bits per heavy atom. The Labute approximate surface area is 207 Å². The molecule has 14 heteroatoms. The Morgan fingerprint density at radius 2 is 1.03 bits per heavy atom. The maximum absolute atomic E-state index is 13.5. The number of hydrogen-bond donors (Lipinski definition) is 0. The molecule has 176 valence electrons. The number of hydrogen-bond acceptors (Lipinski definition) is 4. The quantitative estimate of drug-likeness (QED) is 0.330. The van der Waals surface area contributed by atoms with Crippen molar-refractivity contribution in [1.82, 2.24) is 0 Å². The monoisotopic (exact) mass is 577 g/mol. The number of benzene rings is 3. The van der Waals surface area contributed by atoms with E-state index < -0.39 is 57.3 Å². The molecule has 0 amide bonds. The second-order valence-corrected chi connectivity index (χ2v) is 11.9. The van der Waals surface area contributed by atoms with Gasteiger partial charge < -0.3 is 0 Å². The van der Waals surface area contributed by atoms with E-state index in [9.17, 15) is 30.0 Å². The highest BCUT2D eigenvalue weighted by Gasteiger charge is 2.41. The van der Waals surface area contributed by atoms with Gasteiger partial charge in [-0.25, -0.2) is 16.8 Å². The van der Waals surface area contributed by atoms with Crippen LogP contribution in [-0.2, 0) is 26.2 Å². The largest absolute Gasteiger partial charge is 0.417 e. The fraction of sp³-hybridized carbons (Fsp3) is 0.0526. The minimum absolute atomic E-state index is 0.143. The van der Waals surface area contributed by atoms with Crippen LogP contribution in [0.3, 0.4) is 0 Å². The Balaban J connectivity index is 2.38. The SMILES string of the molecule is O=S(=O)(c1ccc(Cl)cc1)N(c1cc(C(F)(F)F)c(Cl)cc1Cl)S(=O)(=O)c1ccc(Cl)cc1. The summed E-state index contributed by atoms with van der Waals surface area (Å²) in [5.41, 5.74) is -2.45. The van der Waals surface area contributed by atoms with Gasteiger partial charge in [0.1, 0.15) is 0 Å². The zero-order chi connectivity index (χ0) is 24.8. The average molecular weight is 579 g/mol. The molecule has 0 spiro atoms. The minimum atomic E-state index is -5.03. The van der Waals surface area contributed by atoms with E-state index in [-0.39, 0.29) is 19.8 Å². The molecule has 0 aromatic heterocycles. The van der Waals surface area contributed by atoms with Gasteiger partial charge in [-0.15, -0.1) is 0 Å². The summed E-state index contributed by atoms with van der Waals surface area (Å²) in [6, 6.07) is 9.55. The number of rotatable bonds is 5. The molecule has 0 atom stereocenters. The van der Waals surface area contributed by atoms with Crippen molar-refractivity contribution in [2.45, 2.75) is 16.0 Å². The maximum atomic E-state index is 13.5. The molecule has 0 saturated carbocycles. The number of halogens is 7. The lowest BCUT2D eigenvalue weighted by atomic mass is 10.2. The molecule has 5 nitrogen and oxygen atoms in total. The number of alkyl halides is 3. The highest BCUT2D eigenvalue weighted by Crippen LogP contribution is 2.43. The van der Waals surface area contributed by atoms with Crippen LogP contribution in [0.15, 0.2) is 70.5 Å². The van der Waals surface area contributed by atoms with Gasteiger partial charge in [-0.05, 0) is 60.7 Å². The Morgan fingerprint density at radius 1 is 0.636 bits per heavy atom. The molecule has 0 N–H and O–H groups in total. The Hall–Kier alpha value is -1.69. The van der Waals surface area contributed by atoms with E-state index in [0.717, 1.165) is 24.3 Å². The third kappa shape index (κ3) is 5.21. The first-order valence-electron chi connectivity index (χ1n) is 8.53. The summed E-state index contributed by atoms with van der Waals surface area (Å²) in [5, 5.41) is -1.21. The van der Waals surface area contributed by atoms with E-state index in [0.29, 0.717) is 6.07 Å². The van der Waals surface area contributed by atoms with Crippen LogP contribution in [0, 0.1) is 0 Å². The van der Waals surface area contributed by atoms with Gasteiger partial charge in [0.2, 0.25) is 0 Å². The van der Waals surface area contributed by atoms with Crippen LogP contribution in [0.2, 0.25) is 20.1 Å².